The van der Waals surface area contributed by atoms with Gasteiger partial charge in [-0.1, -0.05) is 91.0 Å². The first kappa shape index (κ1) is 25.8. The molecule has 1 unspecified atom stereocenters. The van der Waals surface area contributed by atoms with E-state index in [0.717, 1.165) is 16.7 Å². The van der Waals surface area contributed by atoms with Crippen LogP contribution in [0.1, 0.15) is 29.7 Å². The van der Waals surface area contributed by atoms with E-state index in [-0.39, 0.29) is 17.0 Å². The molecule has 0 spiro atoms. The summed E-state index contributed by atoms with van der Waals surface area (Å²) in [6.07, 6.45) is -1.09. The number of ether oxygens (including phenoxy) is 2. The van der Waals surface area contributed by atoms with Crippen molar-refractivity contribution in [2.24, 2.45) is 5.73 Å². The Morgan fingerprint density at radius 1 is 0.921 bits per heavy atom. The van der Waals surface area contributed by atoms with Crippen LogP contribution >= 0.6 is 11.8 Å². The number of hydrogen-bond donors (Lipinski definition) is 1. The Kier molecular flexibility index (Phi) is 7.62. The zero-order valence-corrected chi connectivity index (χ0v) is 21.7. The number of nitrogens with zero attached hydrogens (tertiary/aromatic N) is 1. The van der Waals surface area contributed by atoms with Crippen LogP contribution in [0, 0.1) is 0 Å². The number of esters is 2. The molecular weight excluding hydrogens is 500 g/mol. The Bertz CT molecular complexity index is 1310. The Hall–Kier alpha value is -3.88. The summed E-state index contributed by atoms with van der Waals surface area (Å²) in [7, 11) is 0. The lowest BCUT2D eigenvalue weighted by Gasteiger charge is -2.49. The molecule has 0 radical (unpaired) electrons. The fourth-order valence-electron chi connectivity index (χ4n) is 4.79. The second-order valence-electron chi connectivity index (χ2n) is 9.20. The van der Waals surface area contributed by atoms with Crippen molar-refractivity contribution >= 4 is 29.6 Å². The van der Waals surface area contributed by atoms with Crippen LogP contribution in [0.2, 0.25) is 0 Å². The molecule has 5 rings (SSSR count). The highest BCUT2D eigenvalue weighted by Gasteiger charge is 2.53. The molecular formula is C30H28N2O5S. The summed E-state index contributed by atoms with van der Waals surface area (Å²) < 4.78 is 11.9. The number of nitrogens with two attached hydrogens (primary N) is 1. The minimum absolute atomic E-state index is 0.111. The van der Waals surface area contributed by atoms with Gasteiger partial charge in [-0.05, 0) is 16.7 Å². The van der Waals surface area contributed by atoms with Gasteiger partial charge in [0.1, 0.15) is 23.2 Å². The maximum atomic E-state index is 14.0. The highest BCUT2D eigenvalue weighted by Crippen LogP contribution is 2.42. The van der Waals surface area contributed by atoms with Crippen molar-refractivity contribution < 1.29 is 23.9 Å². The molecule has 3 aromatic rings. The van der Waals surface area contributed by atoms with Crippen LogP contribution in [-0.2, 0) is 30.3 Å². The molecule has 38 heavy (non-hydrogen) atoms. The molecule has 1 amide bonds. The maximum absolute atomic E-state index is 14.0. The minimum Gasteiger partial charge on any atom is -0.458 e. The number of benzene rings is 3. The molecule has 0 aromatic heterocycles. The molecule has 7 nitrogen and oxygen atoms in total. The fraction of sp³-hybridized carbons (Fsp3) is 0.233. The zero-order chi connectivity index (χ0) is 26.6. The normalized spacial score (nSPS) is 19.4. The molecule has 2 N–H and O–H groups in total. The average Bonchev–Trinajstić information content (AvgIpc) is 2.95. The summed E-state index contributed by atoms with van der Waals surface area (Å²) in [5.41, 5.74) is 9.25. The minimum atomic E-state index is -0.748. The van der Waals surface area contributed by atoms with Gasteiger partial charge in [0.2, 0.25) is 5.91 Å². The van der Waals surface area contributed by atoms with Crippen LogP contribution in [-0.4, -0.2) is 46.0 Å². The molecule has 194 valence electrons. The Morgan fingerprint density at radius 3 is 2.03 bits per heavy atom. The number of amides is 1. The summed E-state index contributed by atoms with van der Waals surface area (Å²) >= 11 is 1.45. The van der Waals surface area contributed by atoms with E-state index in [1.807, 2.05) is 91.0 Å². The second kappa shape index (κ2) is 11.2. The van der Waals surface area contributed by atoms with E-state index >= 15 is 0 Å². The first-order valence-corrected chi connectivity index (χ1v) is 13.4. The van der Waals surface area contributed by atoms with Crippen LogP contribution in [0.5, 0.6) is 0 Å². The SMILES string of the molecule is CC(=O)OC(Cc1ccccc1)C1=C(C(=O)OC(c2ccccc2)c2ccccc2)N2C(=O)[C@H](N)[C@H]2SC1. The number of carbonyl (C=O) groups is 3. The summed E-state index contributed by atoms with van der Waals surface area (Å²) in [5.74, 6) is -1.12. The predicted octanol–water partition coefficient (Wildman–Crippen LogP) is 3.99. The molecule has 3 aromatic carbocycles. The first-order valence-electron chi connectivity index (χ1n) is 12.4. The van der Waals surface area contributed by atoms with Gasteiger partial charge in [0.25, 0.3) is 0 Å². The van der Waals surface area contributed by atoms with E-state index < -0.39 is 30.2 Å². The Labute approximate surface area is 225 Å². The fourth-order valence-corrected chi connectivity index (χ4v) is 6.14. The summed E-state index contributed by atoms with van der Waals surface area (Å²) in [4.78, 5) is 40.4. The van der Waals surface area contributed by atoms with Gasteiger partial charge in [-0.2, -0.15) is 0 Å². The highest BCUT2D eigenvalue weighted by molar-refractivity contribution is 8.00. The molecule has 1 fully saturated rings. The van der Waals surface area contributed by atoms with E-state index in [1.54, 1.807) is 0 Å². The van der Waals surface area contributed by atoms with E-state index in [0.29, 0.717) is 17.7 Å². The van der Waals surface area contributed by atoms with E-state index in [2.05, 4.69) is 0 Å². The number of thioether (sulfide) groups is 1. The molecule has 1 saturated heterocycles. The lowest BCUT2D eigenvalue weighted by molar-refractivity contribution is -0.153. The summed E-state index contributed by atoms with van der Waals surface area (Å²) in [6, 6.07) is 27.7. The molecule has 2 heterocycles. The topological polar surface area (TPSA) is 98.9 Å². The lowest BCUT2D eigenvalue weighted by Crippen LogP contribution is -2.68. The van der Waals surface area contributed by atoms with Gasteiger partial charge in [0.05, 0.1) is 0 Å². The van der Waals surface area contributed by atoms with Crippen molar-refractivity contribution in [1.82, 2.24) is 4.90 Å². The van der Waals surface area contributed by atoms with Crippen molar-refractivity contribution in [2.45, 2.75) is 37.0 Å². The standard InChI is InChI=1S/C30H28N2O5S/c1-19(33)36-24(17-20-11-5-2-6-12-20)23-18-38-29-25(31)28(34)32(29)26(23)30(35)37-27(21-13-7-3-8-14-21)22-15-9-4-10-16-22/h2-16,24-25,27,29H,17-18,31H2,1H3/t24?,25-,29+/m0/s1. The summed E-state index contributed by atoms with van der Waals surface area (Å²) in [5, 5.41) is -0.379. The Balaban J connectivity index is 1.56. The van der Waals surface area contributed by atoms with Gasteiger partial charge < -0.3 is 15.2 Å². The average molecular weight is 529 g/mol. The molecule has 0 saturated carbocycles. The number of carbonyl (C=O) groups excluding carboxylic acids is 3. The summed E-state index contributed by atoms with van der Waals surface area (Å²) in [6.45, 7) is 1.33. The van der Waals surface area contributed by atoms with Crippen LogP contribution in [0.3, 0.4) is 0 Å². The number of rotatable bonds is 8. The van der Waals surface area contributed by atoms with Crippen LogP contribution in [0.4, 0.5) is 0 Å². The van der Waals surface area contributed by atoms with Crippen molar-refractivity contribution in [3.63, 3.8) is 0 Å². The largest absolute Gasteiger partial charge is 0.458 e. The van der Waals surface area contributed by atoms with Gasteiger partial charge in [-0.15, -0.1) is 11.8 Å². The molecule has 8 heteroatoms. The number of β-lactam (4-membered cyclic amide) rings is 1. The highest BCUT2D eigenvalue weighted by atomic mass is 32.2. The Morgan fingerprint density at radius 2 is 1.47 bits per heavy atom. The van der Waals surface area contributed by atoms with Crippen molar-refractivity contribution in [3.05, 3.63) is 119 Å². The molecule has 3 atom stereocenters. The van der Waals surface area contributed by atoms with Crippen molar-refractivity contribution in [3.8, 4) is 0 Å². The monoisotopic (exact) mass is 528 g/mol. The van der Waals surface area contributed by atoms with Crippen LogP contribution < -0.4 is 5.73 Å². The third-order valence-corrected chi connectivity index (χ3v) is 7.95. The molecule has 2 aliphatic heterocycles. The van der Waals surface area contributed by atoms with Gasteiger partial charge in [0.15, 0.2) is 6.10 Å². The second-order valence-corrected chi connectivity index (χ2v) is 10.3. The van der Waals surface area contributed by atoms with Crippen molar-refractivity contribution in [1.29, 1.82) is 0 Å². The third kappa shape index (κ3) is 5.23. The quantitative estimate of drug-likeness (QED) is 0.349. The van der Waals surface area contributed by atoms with Gasteiger partial charge in [0, 0.05) is 24.7 Å². The van der Waals surface area contributed by atoms with E-state index in [4.69, 9.17) is 15.2 Å². The third-order valence-electron chi connectivity index (χ3n) is 6.62. The number of hydrogen-bond acceptors (Lipinski definition) is 7. The van der Waals surface area contributed by atoms with Gasteiger partial charge in [-0.3, -0.25) is 14.5 Å². The van der Waals surface area contributed by atoms with Crippen LogP contribution in [0.25, 0.3) is 0 Å². The van der Waals surface area contributed by atoms with E-state index in [9.17, 15) is 14.4 Å². The van der Waals surface area contributed by atoms with E-state index in [1.165, 1.54) is 23.6 Å². The zero-order valence-electron chi connectivity index (χ0n) is 20.9. The maximum Gasteiger partial charge on any atom is 0.356 e. The lowest BCUT2D eigenvalue weighted by atomic mass is 9.96. The molecule has 0 bridgehead atoms. The number of fused-ring (bicyclic) bond motifs is 1. The van der Waals surface area contributed by atoms with Gasteiger partial charge >= 0.3 is 11.9 Å². The first-order chi connectivity index (χ1) is 18.4. The molecule has 2 aliphatic rings. The van der Waals surface area contributed by atoms with Gasteiger partial charge in [-0.25, -0.2) is 4.79 Å². The predicted molar refractivity (Wildman–Crippen MR) is 145 cm³/mol. The molecule has 0 aliphatic carbocycles. The van der Waals surface area contributed by atoms with Crippen LogP contribution in [0.15, 0.2) is 102 Å². The van der Waals surface area contributed by atoms with Crippen molar-refractivity contribution in [2.75, 3.05) is 5.75 Å². The smallest absolute Gasteiger partial charge is 0.356 e.